The second-order valence-electron chi connectivity index (χ2n) is 5.80. The van der Waals surface area contributed by atoms with Crippen molar-refractivity contribution in [2.75, 3.05) is 26.2 Å². The molecule has 0 aromatic heterocycles. The number of carbonyl (C=O) groups is 1. The third-order valence-electron chi connectivity index (χ3n) is 4.65. The van der Waals surface area contributed by atoms with Crippen LogP contribution in [0, 0.1) is 0 Å². The highest BCUT2D eigenvalue weighted by molar-refractivity contribution is 5.94. The molecule has 1 saturated carbocycles. The van der Waals surface area contributed by atoms with Crippen LogP contribution in [0.3, 0.4) is 0 Å². The Kier molecular flexibility index (Phi) is 3.83. The Bertz CT molecular complexity index is 418. The Labute approximate surface area is 115 Å². The van der Waals surface area contributed by atoms with Crippen LogP contribution in [-0.2, 0) is 0 Å². The number of hydrogen-bond acceptors (Lipinski definition) is 1. The standard InChI is InChI=1S/C16H22N2O/c19-16(14-6-2-1-3-7-14)18-12-10-17(11-13-18)15-8-4-5-9-15/h1-3,6-7,15H,4-5,8-13H2/p+1. The molecule has 1 saturated heterocycles. The van der Waals surface area contributed by atoms with Crippen LogP contribution >= 0.6 is 0 Å². The number of benzene rings is 1. The van der Waals surface area contributed by atoms with E-state index in [1.165, 1.54) is 25.7 Å². The zero-order valence-electron chi connectivity index (χ0n) is 11.5. The molecular weight excluding hydrogens is 236 g/mol. The number of piperazine rings is 1. The van der Waals surface area contributed by atoms with Gasteiger partial charge in [0.25, 0.3) is 5.91 Å². The van der Waals surface area contributed by atoms with Crippen LogP contribution in [0.2, 0.25) is 0 Å². The highest BCUT2D eigenvalue weighted by Gasteiger charge is 2.31. The van der Waals surface area contributed by atoms with Gasteiger partial charge < -0.3 is 9.80 Å². The predicted molar refractivity (Wildman–Crippen MR) is 75.3 cm³/mol. The summed E-state index contributed by atoms with van der Waals surface area (Å²) in [6, 6.07) is 10.5. The third-order valence-corrected chi connectivity index (χ3v) is 4.65. The molecule has 1 aromatic carbocycles. The van der Waals surface area contributed by atoms with Gasteiger partial charge in [-0.1, -0.05) is 18.2 Å². The first kappa shape index (κ1) is 12.7. The van der Waals surface area contributed by atoms with Gasteiger partial charge in [0, 0.05) is 5.56 Å². The van der Waals surface area contributed by atoms with E-state index in [1.807, 2.05) is 35.2 Å². The van der Waals surface area contributed by atoms with E-state index in [2.05, 4.69) is 0 Å². The van der Waals surface area contributed by atoms with Crippen LogP contribution in [0.15, 0.2) is 30.3 Å². The summed E-state index contributed by atoms with van der Waals surface area (Å²) in [5.41, 5.74) is 0.826. The monoisotopic (exact) mass is 259 g/mol. The normalized spacial score (nSPS) is 21.8. The summed E-state index contributed by atoms with van der Waals surface area (Å²) in [6.07, 6.45) is 5.59. The highest BCUT2D eigenvalue weighted by atomic mass is 16.2. The van der Waals surface area contributed by atoms with Gasteiger partial charge in [0.05, 0.1) is 32.2 Å². The zero-order chi connectivity index (χ0) is 13.1. The number of nitrogens with zero attached hydrogens (tertiary/aromatic N) is 1. The molecule has 1 heterocycles. The van der Waals surface area contributed by atoms with Crippen LogP contribution in [0.1, 0.15) is 36.0 Å². The molecule has 0 bridgehead atoms. The molecule has 3 rings (SSSR count). The minimum atomic E-state index is 0.200. The smallest absolute Gasteiger partial charge is 0.254 e. The fraction of sp³-hybridized carbons (Fsp3) is 0.562. The largest absolute Gasteiger partial charge is 0.330 e. The Morgan fingerprint density at radius 2 is 1.68 bits per heavy atom. The van der Waals surface area contributed by atoms with E-state index in [0.717, 1.165) is 37.8 Å². The zero-order valence-corrected chi connectivity index (χ0v) is 11.5. The van der Waals surface area contributed by atoms with Crippen LogP contribution in [-0.4, -0.2) is 43.0 Å². The Hall–Kier alpha value is -1.35. The molecule has 1 N–H and O–H groups in total. The molecular formula is C16H23N2O+. The topological polar surface area (TPSA) is 24.8 Å². The van der Waals surface area contributed by atoms with Gasteiger partial charge in [0.1, 0.15) is 0 Å². The van der Waals surface area contributed by atoms with Crippen molar-refractivity contribution in [2.24, 2.45) is 0 Å². The van der Waals surface area contributed by atoms with Crippen LogP contribution in [0.25, 0.3) is 0 Å². The molecule has 0 radical (unpaired) electrons. The average molecular weight is 259 g/mol. The summed E-state index contributed by atoms with van der Waals surface area (Å²) in [6.45, 7) is 4.09. The van der Waals surface area contributed by atoms with Crippen molar-refractivity contribution < 1.29 is 9.69 Å². The summed E-state index contributed by atoms with van der Waals surface area (Å²) >= 11 is 0. The van der Waals surface area contributed by atoms with Crippen LogP contribution in [0.5, 0.6) is 0 Å². The lowest BCUT2D eigenvalue weighted by molar-refractivity contribution is -0.928. The number of quaternary nitrogens is 1. The summed E-state index contributed by atoms with van der Waals surface area (Å²) in [5, 5.41) is 0. The van der Waals surface area contributed by atoms with E-state index in [9.17, 15) is 4.79 Å². The minimum Gasteiger partial charge on any atom is -0.330 e. The van der Waals surface area contributed by atoms with Crippen molar-refractivity contribution in [1.29, 1.82) is 0 Å². The van der Waals surface area contributed by atoms with E-state index in [-0.39, 0.29) is 5.91 Å². The fourth-order valence-corrected chi connectivity index (χ4v) is 3.50. The van der Waals surface area contributed by atoms with Crippen molar-refractivity contribution in [3.05, 3.63) is 35.9 Å². The maximum atomic E-state index is 12.3. The van der Waals surface area contributed by atoms with Crippen molar-refractivity contribution in [1.82, 2.24) is 4.90 Å². The van der Waals surface area contributed by atoms with Crippen molar-refractivity contribution >= 4 is 5.91 Å². The fourth-order valence-electron chi connectivity index (χ4n) is 3.50. The molecule has 3 heteroatoms. The lowest BCUT2D eigenvalue weighted by Crippen LogP contribution is -3.18. The van der Waals surface area contributed by atoms with Gasteiger partial charge in [-0.3, -0.25) is 4.79 Å². The maximum Gasteiger partial charge on any atom is 0.254 e. The van der Waals surface area contributed by atoms with Gasteiger partial charge in [-0.05, 0) is 37.8 Å². The maximum absolute atomic E-state index is 12.3. The molecule has 3 nitrogen and oxygen atoms in total. The van der Waals surface area contributed by atoms with Crippen molar-refractivity contribution in [3.63, 3.8) is 0 Å². The average Bonchev–Trinajstić information content (AvgIpc) is 3.02. The number of carbonyl (C=O) groups excluding carboxylic acids is 1. The lowest BCUT2D eigenvalue weighted by Gasteiger charge is -2.35. The molecule has 19 heavy (non-hydrogen) atoms. The molecule has 0 spiro atoms. The Balaban J connectivity index is 1.56. The SMILES string of the molecule is O=C(c1ccccc1)N1CC[NH+](C2CCCC2)CC1. The second kappa shape index (κ2) is 5.74. The second-order valence-corrected chi connectivity index (χ2v) is 5.80. The minimum absolute atomic E-state index is 0.200. The van der Waals surface area contributed by atoms with Gasteiger partial charge in [-0.15, -0.1) is 0 Å². The first-order valence-electron chi connectivity index (χ1n) is 7.53. The van der Waals surface area contributed by atoms with Crippen LogP contribution < -0.4 is 4.90 Å². The Morgan fingerprint density at radius 1 is 1.05 bits per heavy atom. The van der Waals surface area contributed by atoms with Gasteiger partial charge in [0.15, 0.2) is 0 Å². The van der Waals surface area contributed by atoms with E-state index >= 15 is 0 Å². The van der Waals surface area contributed by atoms with E-state index in [0.29, 0.717) is 0 Å². The number of amides is 1. The predicted octanol–water partition coefficient (Wildman–Crippen LogP) is 0.970. The Morgan fingerprint density at radius 3 is 2.32 bits per heavy atom. The molecule has 1 aliphatic heterocycles. The molecule has 1 aromatic rings. The molecule has 2 fully saturated rings. The number of nitrogens with one attached hydrogen (secondary N) is 1. The van der Waals surface area contributed by atoms with Crippen LogP contribution in [0.4, 0.5) is 0 Å². The quantitative estimate of drug-likeness (QED) is 0.841. The highest BCUT2D eigenvalue weighted by Crippen LogP contribution is 2.15. The summed E-state index contributed by atoms with van der Waals surface area (Å²) in [7, 11) is 0. The van der Waals surface area contributed by atoms with E-state index in [4.69, 9.17) is 0 Å². The number of rotatable bonds is 2. The summed E-state index contributed by atoms with van der Waals surface area (Å²) in [5.74, 6) is 0.200. The van der Waals surface area contributed by atoms with Gasteiger partial charge in [-0.25, -0.2) is 0 Å². The first-order chi connectivity index (χ1) is 9.34. The number of hydrogen-bond donors (Lipinski definition) is 1. The van der Waals surface area contributed by atoms with Crippen molar-refractivity contribution in [3.8, 4) is 0 Å². The molecule has 2 aliphatic rings. The molecule has 0 unspecified atom stereocenters. The summed E-state index contributed by atoms with van der Waals surface area (Å²) in [4.78, 5) is 16.1. The molecule has 102 valence electrons. The first-order valence-corrected chi connectivity index (χ1v) is 7.53. The summed E-state index contributed by atoms with van der Waals surface area (Å²) < 4.78 is 0. The van der Waals surface area contributed by atoms with Gasteiger partial charge in [-0.2, -0.15) is 0 Å². The van der Waals surface area contributed by atoms with E-state index in [1.54, 1.807) is 4.90 Å². The molecule has 1 aliphatic carbocycles. The molecule has 0 atom stereocenters. The van der Waals surface area contributed by atoms with E-state index < -0.39 is 0 Å². The lowest BCUT2D eigenvalue weighted by atomic mass is 10.1. The third kappa shape index (κ3) is 2.81. The van der Waals surface area contributed by atoms with Gasteiger partial charge >= 0.3 is 0 Å². The van der Waals surface area contributed by atoms with Crippen molar-refractivity contribution in [2.45, 2.75) is 31.7 Å². The van der Waals surface area contributed by atoms with Gasteiger partial charge in [0.2, 0.25) is 0 Å². The molecule has 1 amide bonds.